The zero-order valence-electron chi connectivity index (χ0n) is 11.7. The maximum absolute atomic E-state index is 2.28. The average Bonchev–Trinajstić information content (AvgIpc) is 2.50. The molecule has 0 N–H and O–H groups in total. The van der Waals surface area contributed by atoms with E-state index in [9.17, 15) is 0 Å². The number of hydrogen-bond donors (Lipinski definition) is 0. The summed E-state index contributed by atoms with van der Waals surface area (Å²) in [6.07, 6.45) is 0. The molecule has 3 aromatic carbocycles. The minimum atomic E-state index is 0.303. The van der Waals surface area contributed by atoms with Crippen molar-refractivity contribution in [1.29, 1.82) is 0 Å². The highest BCUT2D eigenvalue weighted by Crippen LogP contribution is 1.98. The molecule has 0 saturated heterocycles. The second-order valence-corrected chi connectivity index (χ2v) is 5.17. The van der Waals surface area contributed by atoms with Crippen LogP contribution in [0.2, 0.25) is 0 Å². The summed E-state index contributed by atoms with van der Waals surface area (Å²) in [5.74, 6) is 0. The second kappa shape index (κ2) is 5.79. The van der Waals surface area contributed by atoms with Gasteiger partial charge in [0.15, 0.2) is 0 Å². The zero-order chi connectivity index (χ0) is 13.8. The van der Waals surface area contributed by atoms with Gasteiger partial charge in [-0.1, -0.05) is 107 Å². The van der Waals surface area contributed by atoms with E-state index in [0.717, 1.165) is 0 Å². The topological polar surface area (TPSA) is 0 Å². The molecule has 0 spiro atoms. The number of rotatable bonds is 3. The van der Waals surface area contributed by atoms with Gasteiger partial charge in [-0.2, -0.15) is 0 Å². The molecule has 3 aromatic rings. The molecule has 0 bridgehead atoms. The monoisotopic (exact) mass is 256 g/mol. The molecule has 96 valence electrons. The Morgan fingerprint density at radius 1 is 0.550 bits per heavy atom. The molecule has 0 aliphatic heterocycles. The summed E-state index contributed by atoms with van der Waals surface area (Å²) in [6, 6.07) is 30.2. The molecule has 0 amide bonds. The van der Waals surface area contributed by atoms with E-state index in [1.165, 1.54) is 22.0 Å². The van der Waals surface area contributed by atoms with Crippen molar-refractivity contribution >= 4 is 23.1 Å². The highest BCUT2D eigenvalue weighted by atomic mass is 14.0. The van der Waals surface area contributed by atoms with Crippen LogP contribution in [0.4, 0.5) is 0 Å². The first-order valence-corrected chi connectivity index (χ1v) is 7.01. The molecule has 0 saturated carbocycles. The van der Waals surface area contributed by atoms with Crippen molar-refractivity contribution in [2.24, 2.45) is 0 Å². The Kier molecular flexibility index (Phi) is 3.69. The maximum atomic E-state index is 2.28. The minimum absolute atomic E-state index is 0.303. The second-order valence-electron chi connectivity index (χ2n) is 5.17. The van der Waals surface area contributed by atoms with Crippen LogP contribution in [0.5, 0.6) is 0 Å². The fourth-order valence-electron chi connectivity index (χ4n) is 2.72. The van der Waals surface area contributed by atoms with E-state index >= 15 is 0 Å². The Labute approximate surface area is 121 Å². The van der Waals surface area contributed by atoms with Crippen molar-refractivity contribution in [1.82, 2.24) is 0 Å². The maximum Gasteiger partial charge on any atom is 0.241 e. The Bertz CT molecular complexity index is 635. The Balaban J connectivity index is 2.14. The van der Waals surface area contributed by atoms with E-state index in [4.69, 9.17) is 0 Å². The van der Waals surface area contributed by atoms with Crippen LogP contribution in [0.3, 0.4) is 0 Å². The van der Waals surface area contributed by atoms with Gasteiger partial charge in [-0.15, -0.1) is 0 Å². The van der Waals surface area contributed by atoms with Gasteiger partial charge in [0.2, 0.25) is 6.71 Å². The van der Waals surface area contributed by atoms with Crippen molar-refractivity contribution < 1.29 is 0 Å². The summed E-state index contributed by atoms with van der Waals surface area (Å²) in [5, 5.41) is 0. The molecule has 0 radical (unpaired) electrons. The largest absolute Gasteiger partial charge is 0.241 e. The lowest BCUT2D eigenvalue weighted by atomic mass is 9.37. The van der Waals surface area contributed by atoms with Crippen LogP contribution in [-0.2, 0) is 0 Å². The fraction of sp³-hybridized carbons (Fsp3) is 0.0526. The van der Waals surface area contributed by atoms with E-state index in [1.807, 2.05) is 0 Å². The first-order chi connectivity index (χ1) is 9.84. The third kappa shape index (κ3) is 2.67. The third-order valence-corrected chi connectivity index (χ3v) is 3.64. The standard InChI is InChI=1S/C19H17B/c1-16-9-8-14-19(15-16)20(17-10-4-2-5-11-17)18-12-6-3-7-13-18/h2-15H,1H3. The Morgan fingerprint density at radius 2 is 1.05 bits per heavy atom. The fourth-order valence-corrected chi connectivity index (χ4v) is 2.72. The molecular formula is C19H17B. The quantitative estimate of drug-likeness (QED) is 0.632. The van der Waals surface area contributed by atoms with E-state index in [-0.39, 0.29) is 0 Å². The normalized spacial score (nSPS) is 10.2. The minimum Gasteiger partial charge on any atom is -0.0687 e. The van der Waals surface area contributed by atoms with E-state index in [0.29, 0.717) is 6.71 Å². The number of aryl methyl sites for hydroxylation is 1. The summed E-state index contributed by atoms with van der Waals surface area (Å²) in [6.45, 7) is 2.45. The van der Waals surface area contributed by atoms with Crippen LogP contribution in [0, 0.1) is 6.92 Å². The van der Waals surface area contributed by atoms with Gasteiger partial charge >= 0.3 is 0 Å². The van der Waals surface area contributed by atoms with E-state index in [2.05, 4.69) is 91.9 Å². The van der Waals surface area contributed by atoms with E-state index in [1.54, 1.807) is 0 Å². The highest BCUT2D eigenvalue weighted by molar-refractivity contribution is 6.95. The van der Waals surface area contributed by atoms with Crippen molar-refractivity contribution in [3.63, 3.8) is 0 Å². The van der Waals surface area contributed by atoms with Gasteiger partial charge in [-0.25, -0.2) is 0 Å². The smallest absolute Gasteiger partial charge is 0.0687 e. The zero-order valence-corrected chi connectivity index (χ0v) is 11.7. The molecule has 0 aliphatic carbocycles. The molecule has 0 aromatic heterocycles. The first-order valence-electron chi connectivity index (χ1n) is 7.01. The van der Waals surface area contributed by atoms with Crippen molar-refractivity contribution in [2.75, 3.05) is 0 Å². The molecule has 0 fully saturated rings. The first kappa shape index (κ1) is 12.7. The molecule has 0 atom stereocenters. The Hall–Kier alpha value is -2.28. The summed E-state index contributed by atoms with van der Waals surface area (Å²) >= 11 is 0. The molecule has 1 heteroatoms. The average molecular weight is 256 g/mol. The van der Waals surface area contributed by atoms with Gasteiger partial charge in [-0.05, 0) is 6.92 Å². The molecule has 3 rings (SSSR count). The van der Waals surface area contributed by atoms with Crippen LogP contribution in [-0.4, -0.2) is 6.71 Å². The van der Waals surface area contributed by atoms with Gasteiger partial charge in [-0.3, -0.25) is 0 Å². The van der Waals surface area contributed by atoms with Crippen LogP contribution in [0.1, 0.15) is 5.56 Å². The van der Waals surface area contributed by atoms with Crippen molar-refractivity contribution in [2.45, 2.75) is 6.92 Å². The molecule has 0 unspecified atom stereocenters. The van der Waals surface area contributed by atoms with Gasteiger partial charge in [0.25, 0.3) is 0 Å². The molecule has 20 heavy (non-hydrogen) atoms. The number of benzene rings is 3. The summed E-state index contributed by atoms with van der Waals surface area (Å²) in [4.78, 5) is 0. The van der Waals surface area contributed by atoms with Crippen LogP contribution in [0.15, 0.2) is 84.9 Å². The highest BCUT2D eigenvalue weighted by Gasteiger charge is 2.20. The summed E-state index contributed by atoms with van der Waals surface area (Å²) in [7, 11) is 0. The Morgan fingerprint density at radius 3 is 1.55 bits per heavy atom. The SMILES string of the molecule is Cc1cccc(B(c2ccccc2)c2ccccc2)c1. The van der Waals surface area contributed by atoms with Crippen molar-refractivity contribution in [3.05, 3.63) is 90.5 Å². The van der Waals surface area contributed by atoms with Crippen LogP contribution in [0.25, 0.3) is 0 Å². The van der Waals surface area contributed by atoms with Gasteiger partial charge in [0, 0.05) is 0 Å². The lowest BCUT2D eigenvalue weighted by Gasteiger charge is -2.15. The van der Waals surface area contributed by atoms with E-state index < -0.39 is 0 Å². The third-order valence-electron chi connectivity index (χ3n) is 3.64. The predicted octanol–water partition coefficient (Wildman–Crippen LogP) is 2.51. The van der Waals surface area contributed by atoms with Crippen molar-refractivity contribution in [3.8, 4) is 0 Å². The van der Waals surface area contributed by atoms with Crippen LogP contribution < -0.4 is 16.4 Å². The molecular weight excluding hydrogens is 239 g/mol. The van der Waals surface area contributed by atoms with Crippen LogP contribution >= 0.6 is 0 Å². The predicted molar refractivity (Wildman–Crippen MR) is 88.7 cm³/mol. The number of hydrogen-bond acceptors (Lipinski definition) is 0. The van der Waals surface area contributed by atoms with Gasteiger partial charge in [0.05, 0.1) is 0 Å². The summed E-state index contributed by atoms with van der Waals surface area (Å²) < 4.78 is 0. The lowest BCUT2D eigenvalue weighted by Crippen LogP contribution is -2.51. The molecule has 0 nitrogen and oxygen atoms in total. The molecule has 0 aliphatic rings. The van der Waals surface area contributed by atoms with Gasteiger partial charge in [0.1, 0.15) is 0 Å². The summed E-state index contributed by atoms with van der Waals surface area (Å²) in [5.41, 5.74) is 5.33. The lowest BCUT2D eigenvalue weighted by molar-refractivity contribution is 1.49. The molecule has 0 heterocycles. The van der Waals surface area contributed by atoms with Gasteiger partial charge < -0.3 is 0 Å².